The number of rotatable bonds is 10. The summed E-state index contributed by atoms with van der Waals surface area (Å²) in [7, 11) is -0.0263. The van der Waals surface area contributed by atoms with Crippen LogP contribution in [-0.4, -0.2) is 70.5 Å². The molecule has 0 amide bonds. The summed E-state index contributed by atoms with van der Waals surface area (Å²) in [6.45, 7) is 6.07. The van der Waals surface area contributed by atoms with Gasteiger partial charge in [0.15, 0.2) is 0 Å². The average molecular weight is 319 g/mol. The van der Waals surface area contributed by atoms with Gasteiger partial charge in [-0.3, -0.25) is 0 Å². The Bertz CT molecular complexity index is 423. The van der Waals surface area contributed by atoms with E-state index in [-0.39, 0.29) is 0 Å². The van der Waals surface area contributed by atoms with Gasteiger partial charge in [0.25, 0.3) is 10.2 Å². The molecule has 21 heavy (non-hydrogen) atoms. The molecular weight excluding hydrogens is 290 g/mol. The first-order valence-electron chi connectivity index (χ1n) is 7.61. The lowest BCUT2D eigenvalue weighted by Crippen LogP contribution is -2.44. The summed E-state index contributed by atoms with van der Waals surface area (Å²) < 4.78 is 33.0. The lowest BCUT2D eigenvalue weighted by Gasteiger charge is -2.29. The summed E-state index contributed by atoms with van der Waals surface area (Å²) in [5.41, 5.74) is 1.18. The zero-order valence-electron chi connectivity index (χ0n) is 13.5. The standard InChI is InChI=1S/C14H29N3O3S/c1-4-8-15-9-5-10-16(2)21(18,19)17-11-6-14(7-12-17)13-20-3/h6,15H,4-5,7-13H2,1-3H3. The molecule has 0 aliphatic carbocycles. The molecule has 124 valence electrons. The molecule has 0 fully saturated rings. The minimum Gasteiger partial charge on any atom is -0.380 e. The van der Waals surface area contributed by atoms with Crippen molar-refractivity contribution in [1.29, 1.82) is 0 Å². The molecule has 0 aromatic rings. The molecule has 1 N–H and O–H groups in total. The molecule has 1 heterocycles. The van der Waals surface area contributed by atoms with Gasteiger partial charge in [0.1, 0.15) is 0 Å². The molecule has 7 heteroatoms. The van der Waals surface area contributed by atoms with E-state index in [9.17, 15) is 8.42 Å². The third kappa shape index (κ3) is 6.04. The third-order valence-corrected chi connectivity index (χ3v) is 5.52. The second-order valence-electron chi connectivity index (χ2n) is 5.34. The zero-order valence-corrected chi connectivity index (χ0v) is 14.3. The summed E-state index contributed by atoms with van der Waals surface area (Å²) >= 11 is 0. The van der Waals surface area contributed by atoms with Crippen LogP contribution in [0.3, 0.4) is 0 Å². The first kappa shape index (κ1) is 18.6. The number of methoxy groups -OCH3 is 1. The number of hydrogen-bond donors (Lipinski definition) is 1. The molecule has 0 saturated carbocycles. The minimum atomic E-state index is -3.34. The normalized spacial score (nSPS) is 17.2. The van der Waals surface area contributed by atoms with Crippen LogP contribution in [0, 0.1) is 0 Å². The number of hydrogen-bond acceptors (Lipinski definition) is 4. The van der Waals surface area contributed by atoms with E-state index in [2.05, 4.69) is 12.2 Å². The van der Waals surface area contributed by atoms with E-state index in [1.807, 2.05) is 6.08 Å². The van der Waals surface area contributed by atoms with Crippen LogP contribution in [0.25, 0.3) is 0 Å². The van der Waals surface area contributed by atoms with Crippen molar-refractivity contribution in [3.05, 3.63) is 11.6 Å². The predicted molar refractivity (Wildman–Crippen MR) is 85.5 cm³/mol. The molecule has 0 radical (unpaired) electrons. The Hall–Kier alpha value is -0.470. The monoisotopic (exact) mass is 319 g/mol. The van der Waals surface area contributed by atoms with Crippen LogP contribution in [0.4, 0.5) is 0 Å². The van der Waals surface area contributed by atoms with E-state index in [0.717, 1.165) is 32.4 Å². The van der Waals surface area contributed by atoms with Crippen LogP contribution in [-0.2, 0) is 14.9 Å². The van der Waals surface area contributed by atoms with Crippen molar-refractivity contribution in [1.82, 2.24) is 13.9 Å². The molecule has 1 rings (SSSR count). The van der Waals surface area contributed by atoms with Gasteiger partial charge in [0.05, 0.1) is 6.61 Å². The van der Waals surface area contributed by atoms with Gasteiger partial charge in [-0.1, -0.05) is 13.0 Å². The molecule has 0 atom stereocenters. The van der Waals surface area contributed by atoms with E-state index in [4.69, 9.17) is 4.74 Å². The molecule has 6 nitrogen and oxygen atoms in total. The van der Waals surface area contributed by atoms with Crippen LogP contribution in [0.2, 0.25) is 0 Å². The van der Waals surface area contributed by atoms with E-state index in [1.54, 1.807) is 14.2 Å². The van der Waals surface area contributed by atoms with Crippen molar-refractivity contribution < 1.29 is 13.2 Å². The van der Waals surface area contributed by atoms with Crippen LogP contribution >= 0.6 is 0 Å². The smallest absolute Gasteiger partial charge is 0.282 e. The topological polar surface area (TPSA) is 61.9 Å². The van der Waals surface area contributed by atoms with E-state index >= 15 is 0 Å². The summed E-state index contributed by atoms with van der Waals surface area (Å²) in [5.74, 6) is 0. The number of ether oxygens (including phenoxy) is 1. The second-order valence-corrected chi connectivity index (χ2v) is 7.37. The SMILES string of the molecule is CCCNCCCN(C)S(=O)(=O)N1CC=C(COC)CC1. The van der Waals surface area contributed by atoms with Crippen LogP contribution in [0.5, 0.6) is 0 Å². The molecule has 0 aromatic carbocycles. The largest absolute Gasteiger partial charge is 0.380 e. The second kappa shape index (κ2) is 9.53. The summed E-state index contributed by atoms with van der Waals surface area (Å²) in [6.07, 6.45) is 4.63. The van der Waals surface area contributed by atoms with Gasteiger partial charge >= 0.3 is 0 Å². The van der Waals surface area contributed by atoms with Gasteiger partial charge in [0, 0.05) is 33.8 Å². The first-order chi connectivity index (χ1) is 10.0. The van der Waals surface area contributed by atoms with Gasteiger partial charge in [-0.05, 0) is 37.9 Å². The van der Waals surface area contributed by atoms with Crippen molar-refractivity contribution in [2.75, 3.05) is 53.5 Å². The summed E-state index contributed by atoms with van der Waals surface area (Å²) in [5, 5.41) is 3.28. The Morgan fingerprint density at radius 2 is 2.19 bits per heavy atom. The highest BCUT2D eigenvalue weighted by Gasteiger charge is 2.27. The Morgan fingerprint density at radius 1 is 1.43 bits per heavy atom. The van der Waals surface area contributed by atoms with Gasteiger partial charge < -0.3 is 10.1 Å². The molecule has 0 bridgehead atoms. The van der Waals surface area contributed by atoms with E-state index < -0.39 is 10.2 Å². The Morgan fingerprint density at radius 3 is 2.76 bits per heavy atom. The van der Waals surface area contributed by atoms with E-state index in [1.165, 1.54) is 14.2 Å². The maximum Gasteiger partial charge on any atom is 0.282 e. The van der Waals surface area contributed by atoms with Crippen molar-refractivity contribution in [2.24, 2.45) is 0 Å². The highest BCUT2D eigenvalue weighted by Crippen LogP contribution is 2.16. The molecule has 0 saturated heterocycles. The quantitative estimate of drug-likeness (QED) is 0.479. The molecule has 1 aliphatic rings. The lowest BCUT2D eigenvalue weighted by molar-refractivity contribution is 0.218. The lowest BCUT2D eigenvalue weighted by atomic mass is 10.1. The van der Waals surface area contributed by atoms with Crippen molar-refractivity contribution >= 4 is 10.2 Å². The average Bonchev–Trinajstić information content (AvgIpc) is 2.47. The highest BCUT2D eigenvalue weighted by molar-refractivity contribution is 7.86. The fourth-order valence-corrected chi connectivity index (χ4v) is 3.60. The van der Waals surface area contributed by atoms with E-state index in [0.29, 0.717) is 26.2 Å². The van der Waals surface area contributed by atoms with Crippen LogP contribution < -0.4 is 5.32 Å². The van der Waals surface area contributed by atoms with Gasteiger partial charge in [0.2, 0.25) is 0 Å². The van der Waals surface area contributed by atoms with Crippen molar-refractivity contribution in [3.63, 3.8) is 0 Å². The molecule has 0 spiro atoms. The maximum absolute atomic E-state index is 12.4. The van der Waals surface area contributed by atoms with Gasteiger partial charge in [-0.15, -0.1) is 0 Å². The Labute approximate surface area is 129 Å². The highest BCUT2D eigenvalue weighted by atomic mass is 32.2. The number of nitrogens with one attached hydrogen (secondary N) is 1. The zero-order chi connectivity index (χ0) is 15.7. The summed E-state index contributed by atoms with van der Waals surface area (Å²) in [4.78, 5) is 0. The van der Waals surface area contributed by atoms with Gasteiger partial charge in [-0.25, -0.2) is 0 Å². The number of nitrogens with zero attached hydrogens (tertiary/aromatic N) is 2. The Kier molecular flexibility index (Phi) is 8.43. The van der Waals surface area contributed by atoms with Crippen molar-refractivity contribution in [2.45, 2.75) is 26.2 Å². The molecule has 1 aliphatic heterocycles. The molecule has 0 unspecified atom stereocenters. The van der Waals surface area contributed by atoms with Crippen LogP contribution in [0.15, 0.2) is 11.6 Å². The molecular formula is C14H29N3O3S. The molecule has 0 aromatic heterocycles. The maximum atomic E-state index is 12.4. The van der Waals surface area contributed by atoms with Crippen molar-refractivity contribution in [3.8, 4) is 0 Å². The summed E-state index contributed by atoms with van der Waals surface area (Å²) in [6, 6.07) is 0. The third-order valence-electron chi connectivity index (χ3n) is 3.57. The minimum absolute atomic E-state index is 0.444. The van der Waals surface area contributed by atoms with Crippen LogP contribution in [0.1, 0.15) is 26.2 Å². The fraction of sp³-hybridized carbons (Fsp3) is 0.857. The Balaban J connectivity index is 2.42. The fourth-order valence-electron chi connectivity index (χ4n) is 2.26. The first-order valence-corrected chi connectivity index (χ1v) is 9.01. The van der Waals surface area contributed by atoms with Gasteiger partial charge in [-0.2, -0.15) is 17.0 Å². The predicted octanol–water partition coefficient (Wildman–Crippen LogP) is 0.831.